The number of aliphatic carboxylic acids is 1. The van der Waals surface area contributed by atoms with Crippen LogP contribution in [-0.2, 0) is 17.9 Å². The van der Waals surface area contributed by atoms with Gasteiger partial charge in [0.05, 0.1) is 5.69 Å². The first kappa shape index (κ1) is 13.4. The van der Waals surface area contributed by atoms with Crippen LogP contribution in [0.15, 0.2) is 12.3 Å². The van der Waals surface area contributed by atoms with Gasteiger partial charge < -0.3 is 10.4 Å². The summed E-state index contributed by atoms with van der Waals surface area (Å²) in [5.41, 5.74) is 3.97. The van der Waals surface area contributed by atoms with E-state index in [1.807, 2.05) is 6.20 Å². The Hall–Kier alpha value is -1.63. The van der Waals surface area contributed by atoms with E-state index < -0.39 is 12.1 Å². The standard InChI is InChI=1S/C8H10N2.C2HF3O2/c1-6-2-3-10-8-5-9-4-7(6)8;3-2(4,5)1(6)7/h2-3,9H,4-5H2,1H3;(H,6,7). The highest BCUT2D eigenvalue weighted by atomic mass is 19.4. The number of nitrogens with one attached hydrogen (secondary N) is 1. The molecule has 2 heterocycles. The first-order chi connectivity index (χ1) is 7.82. The molecule has 0 bridgehead atoms. The zero-order valence-corrected chi connectivity index (χ0v) is 9.01. The Morgan fingerprint density at radius 1 is 1.47 bits per heavy atom. The average molecular weight is 248 g/mol. The average Bonchev–Trinajstić information content (AvgIpc) is 2.66. The smallest absolute Gasteiger partial charge is 0.475 e. The molecular weight excluding hydrogens is 237 g/mol. The van der Waals surface area contributed by atoms with Crippen molar-refractivity contribution in [1.29, 1.82) is 0 Å². The van der Waals surface area contributed by atoms with Gasteiger partial charge in [-0.1, -0.05) is 0 Å². The number of rotatable bonds is 0. The molecule has 0 amide bonds. The third kappa shape index (κ3) is 3.70. The van der Waals surface area contributed by atoms with Crippen molar-refractivity contribution in [2.45, 2.75) is 26.2 Å². The molecule has 0 aromatic carbocycles. The van der Waals surface area contributed by atoms with Gasteiger partial charge in [0, 0.05) is 19.3 Å². The minimum Gasteiger partial charge on any atom is -0.475 e. The van der Waals surface area contributed by atoms with Gasteiger partial charge in [-0.05, 0) is 24.1 Å². The summed E-state index contributed by atoms with van der Waals surface area (Å²) in [7, 11) is 0. The number of halogens is 3. The van der Waals surface area contributed by atoms with Crippen molar-refractivity contribution in [3.8, 4) is 0 Å². The van der Waals surface area contributed by atoms with Crippen LogP contribution in [0.4, 0.5) is 13.2 Å². The van der Waals surface area contributed by atoms with Crippen LogP contribution < -0.4 is 5.32 Å². The maximum absolute atomic E-state index is 10.6. The molecule has 17 heavy (non-hydrogen) atoms. The Morgan fingerprint density at radius 2 is 2.06 bits per heavy atom. The Labute approximate surface area is 95.5 Å². The zero-order valence-electron chi connectivity index (χ0n) is 9.01. The predicted molar refractivity (Wildman–Crippen MR) is 53.2 cm³/mol. The molecule has 2 N–H and O–H groups in total. The molecule has 0 atom stereocenters. The van der Waals surface area contributed by atoms with E-state index in [-0.39, 0.29) is 0 Å². The van der Waals surface area contributed by atoms with Crippen molar-refractivity contribution in [3.05, 3.63) is 29.1 Å². The zero-order chi connectivity index (χ0) is 13.1. The summed E-state index contributed by atoms with van der Waals surface area (Å²) >= 11 is 0. The quantitative estimate of drug-likeness (QED) is 0.732. The van der Waals surface area contributed by atoms with Gasteiger partial charge in [0.15, 0.2) is 0 Å². The van der Waals surface area contributed by atoms with E-state index >= 15 is 0 Å². The molecule has 0 radical (unpaired) electrons. The molecule has 4 nitrogen and oxygen atoms in total. The first-order valence-corrected chi connectivity index (χ1v) is 4.76. The fourth-order valence-electron chi connectivity index (χ4n) is 1.34. The number of aryl methyl sites for hydroxylation is 1. The van der Waals surface area contributed by atoms with Crippen molar-refractivity contribution in [3.63, 3.8) is 0 Å². The fraction of sp³-hybridized carbons (Fsp3) is 0.400. The molecule has 0 aliphatic carbocycles. The molecule has 94 valence electrons. The number of carboxylic acids is 1. The summed E-state index contributed by atoms with van der Waals surface area (Å²) in [6.07, 6.45) is -3.21. The summed E-state index contributed by atoms with van der Waals surface area (Å²) < 4.78 is 31.7. The van der Waals surface area contributed by atoms with Gasteiger partial charge >= 0.3 is 12.1 Å². The van der Waals surface area contributed by atoms with Crippen molar-refractivity contribution < 1.29 is 23.1 Å². The number of alkyl halides is 3. The van der Waals surface area contributed by atoms with Gasteiger partial charge in [-0.15, -0.1) is 0 Å². The molecule has 1 aromatic rings. The molecule has 1 aliphatic heterocycles. The number of hydrogen-bond donors (Lipinski definition) is 2. The Morgan fingerprint density at radius 3 is 2.53 bits per heavy atom. The summed E-state index contributed by atoms with van der Waals surface area (Å²) in [4.78, 5) is 13.2. The molecule has 0 spiro atoms. The largest absolute Gasteiger partial charge is 0.490 e. The lowest BCUT2D eigenvalue weighted by Gasteiger charge is -1.98. The number of carboxylic acid groups (broad SMARTS) is 1. The van der Waals surface area contributed by atoms with Crippen LogP contribution in [0.5, 0.6) is 0 Å². The number of carbonyl (C=O) groups is 1. The lowest BCUT2D eigenvalue weighted by Crippen LogP contribution is -2.21. The van der Waals surface area contributed by atoms with Crippen LogP contribution in [0, 0.1) is 6.92 Å². The first-order valence-electron chi connectivity index (χ1n) is 4.76. The summed E-state index contributed by atoms with van der Waals surface area (Å²) in [5.74, 6) is -2.76. The normalized spacial score (nSPS) is 13.6. The van der Waals surface area contributed by atoms with Crippen LogP contribution in [0.3, 0.4) is 0 Å². The number of fused-ring (bicyclic) bond motifs is 1. The maximum Gasteiger partial charge on any atom is 0.490 e. The lowest BCUT2D eigenvalue weighted by molar-refractivity contribution is -0.192. The monoisotopic (exact) mass is 248 g/mol. The van der Waals surface area contributed by atoms with Crippen LogP contribution >= 0.6 is 0 Å². The molecular formula is C10H11F3N2O2. The summed E-state index contributed by atoms with van der Waals surface area (Å²) in [5, 5.41) is 10.4. The minimum atomic E-state index is -5.08. The van der Waals surface area contributed by atoms with Gasteiger partial charge in [-0.2, -0.15) is 13.2 Å². The third-order valence-corrected chi connectivity index (χ3v) is 2.22. The van der Waals surface area contributed by atoms with Gasteiger partial charge in [-0.25, -0.2) is 4.79 Å². The van der Waals surface area contributed by atoms with E-state index in [2.05, 4.69) is 23.3 Å². The Bertz CT molecular complexity index is 419. The van der Waals surface area contributed by atoms with Crippen molar-refractivity contribution in [1.82, 2.24) is 10.3 Å². The Balaban J connectivity index is 0.000000185. The van der Waals surface area contributed by atoms with E-state index in [0.29, 0.717) is 0 Å². The lowest BCUT2D eigenvalue weighted by atomic mass is 10.1. The van der Waals surface area contributed by atoms with Crippen LogP contribution in [0.1, 0.15) is 16.8 Å². The highest BCUT2D eigenvalue weighted by Crippen LogP contribution is 2.15. The van der Waals surface area contributed by atoms with Gasteiger partial charge in [0.25, 0.3) is 0 Å². The molecule has 0 fully saturated rings. The molecule has 7 heteroatoms. The molecule has 1 aromatic heterocycles. The molecule has 0 saturated carbocycles. The highest BCUT2D eigenvalue weighted by Gasteiger charge is 2.38. The van der Waals surface area contributed by atoms with Crippen LogP contribution in [0.2, 0.25) is 0 Å². The number of nitrogens with zero attached hydrogens (tertiary/aromatic N) is 1. The van der Waals surface area contributed by atoms with Gasteiger partial charge in [0.2, 0.25) is 0 Å². The van der Waals surface area contributed by atoms with E-state index in [0.717, 1.165) is 13.1 Å². The number of aromatic nitrogens is 1. The molecule has 1 aliphatic rings. The topological polar surface area (TPSA) is 62.2 Å². The van der Waals surface area contributed by atoms with Gasteiger partial charge in [0.1, 0.15) is 0 Å². The second-order valence-electron chi connectivity index (χ2n) is 3.46. The second kappa shape index (κ2) is 5.13. The number of hydrogen-bond acceptors (Lipinski definition) is 3. The van der Waals surface area contributed by atoms with Crippen molar-refractivity contribution in [2.75, 3.05) is 0 Å². The maximum atomic E-state index is 10.6. The van der Waals surface area contributed by atoms with E-state index in [1.165, 1.54) is 16.8 Å². The highest BCUT2D eigenvalue weighted by molar-refractivity contribution is 5.73. The second-order valence-corrected chi connectivity index (χ2v) is 3.46. The van der Waals surface area contributed by atoms with E-state index in [9.17, 15) is 13.2 Å². The summed E-state index contributed by atoms with van der Waals surface area (Å²) in [6.45, 7) is 4.07. The molecule has 2 rings (SSSR count). The van der Waals surface area contributed by atoms with Crippen molar-refractivity contribution >= 4 is 5.97 Å². The minimum absolute atomic E-state index is 0.941. The molecule has 0 saturated heterocycles. The van der Waals surface area contributed by atoms with Gasteiger partial charge in [-0.3, -0.25) is 4.98 Å². The third-order valence-electron chi connectivity index (χ3n) is 2.22. The predicted octanol–water partition coefficient (Wildman–Crippen LogP) is 1.63. The fourth-order valence-corrected chi connectivity index (χ4v) is 1.34. The van der Waals surface area contributed by atoms with Crippen molar-refractivity contribution in [2.24, 2.45) is 0 Å². The summed E-state index contributed by atoms with van der Waals surface area (Å²) in [6, 6.07) is 2.06. The number of pyridine rings is 1. The van der Waals surface area contributed by atoms with E-state index in [4.69, 9.17) is 9.90 Å². The Kier molecular flexibility index (Phi) is 4.06. The van der Waals surface area contributed by atoms with Crippen LogP contribution in [0.25, 0.3) is 0 Å². The van der Waals surface area contributed by atoms with Crippen LogP contribution in [-0.4, -0.2) is 22.2 Å². The van der Waals surface area contributed by atoms with E-state index in [1.54, 1.807) is 0 Å². The SMILES string of the molecule is Cc1ccnc2c1CNC2.O=C(O)C(F)(F)F. The molecule has 0 unspecified atom stereocenters.